The van der Waals surface area contributed by atoms with Crippen molar-refractivity contribution in [2.45, 2.75) is 238 Å². The van der Waals surface area contributed by atoms with Crippen molar-refractivity contribution in [1.29, 1.82) is 0 Å². The monoisotopic (exact) mass is 725 g/mol. The predicted octanol–water partition coefficient (Wildman–Crippen LogP) is 12.0. The number of rotatable bonds is 40. The highest BCUT2D eigenvalue weighted by molar-refractivity contribution is 5.70. The van der Waals surface area contributed by atoms with Gasteiger partial charge in [-0.3, -0.25) is 14.4 Å². The lowest BCUT2D eigenvalue weighted by molar-refractivity contribution is -0.172. The first-order chi connectivity index (χ1) is 24.8. The molecule has 0 aliphatic heterocycles. The van der Waals surface area contributed by atoms with Gasteiger partial charge in [-0.15, -0.1) is 0 Å². The number of aliphatic carboxylic acids is 1. The molecule has 0 aromatic heterocycles. The predicted molar refractivity (Wildman–Crippen MR) is 208 cm³/mol. The summed E-state index contributed by atoms with van der Waals surface area (Å²) in [5.41, 5.74) is -1.23. The quantitative estimate of drug-likeness (QED) is 0.0377. The summed E-state index contributed by atoms with van der Waals surface area (Å²) in [6.45, 7) is 6.04. The van der Waals surface area contributed by atoms with Crippen LogP contribution in [0, 0.1) is 0 Å². The van der Waals surface area contributed by atoms with E-state index in [1.807, 2.05) is 0 Å². The molecule has 0 radical (unpaired) electrons. The Kier molecular flexibility index (Phi) is 35.0. The summed E-state index contributed by atoms with van der Waals surface area (Å²) in [6.07, 6.45) is 33.2. The first kappa shape index (κ1) is 49.0. The lowest BCUT2D eigenvalue weighted by atomic mass is 9.94. The number of carbonyl (C=O) groups excluding carboxylic acids is 3. The van der Waals surface area contributed by atoms with Gasteiger partial charge in [0.05, 0.1) is 0 Å². The van der Waals surface area contributed by atoms with Crippen LogP contribution < -0.4 is 0 Å². The third-order valence-corrected chi connectivity index (χ3v) is 10.0. The standard InChI is InChI=1S/C43H80O8/c1-4-7-9-11-13-15-17-19-21-23-25-27-29-33-41(47)49-36-39(51-43(6-3,38-44)35-31-32-40(45)46)37-50-42(48)34-30-28-26-24-22-20-18-16-14-12-10-8-5-2/h38-39H,4-37H2,1-3H3,(H,45,46). The van der Waals surface area contributed by atoms with Crippen molar-refractivity contribution in [3.63, 3.8) is 0 Å². The first-order valence-electron chi connectivity index (χ1n) is 21.5. The maximum absolute atomic E-state index is 12.6. The van der Waals surface area contributed by atoms with Gasteiger partial charge in [-0.25, -0.2) is 0 Å². The van der Waals surface area contributed by atoms with Gasteiger partial charge in [0.1, 0.15) is 24.9 Å². The minimum absolute atomic E-state index is 0.0775. The van der Waals surface area contributed by atoms with Crippen molar-refractivity contribution in [3.8, 4) is 0 Å². The van der Waals surface area contributed by atoms with E-state index in [0.29, 0.717) is 25.5 Å². The van der Waals surface area contributed by atoms with E-state index >= 15 is 0 Å². The summed E-state index contributed by atoms with van der Waals surface area (Å²) in [4.78, 5) is 48.4. The van der Waals surface area contributed by atoms with Crippen molar-refractivity contribution in [1.82, 2.24) is 0 Å². The number of hydrogen-bond acceptors (Lipinski definition) is 7. The highest BCUT2D eigenvalue weighted by Gasteiger charge is 2.33. The van der Waals surface area contributed by atoms with Crippen LogP contribution in [0.2, 0.25) is 0 Å². The second kappa shape index (κ2) is 36.4. The van der Waals surface area contributed by atoms with Crippen LogP contribution in [0.15, 0.2) is 0 Å². The molecule has 1 atom stereocenters. The van der Waals surface area contributed by atoms with E-state index in [2.05, 4.69) is 13.8 Å². The number of ether oxygens (including phenoxy) is 3. The average molecular weight is 725 g/mol. The fourth-order valence-electron chi connectivity index (χ4n) is 6.57. The van der Waals surface area contributed by atoms with Gasteiger partial charge in [-0.1, -0.05) is 175 Å². The van der Waals surface area contributed by atoms with Crippen molar-refractivity contribution in [2.24, 2.45) is 0 Å². The van der Waals surface area contributed by atoms with Gasteiger partial charge in [0, 0.05) is 19.3 Å². The van der Waals surface area contributed by atoms with E-state index in [1.54, 1.807) is 6.92 Å². The summed E-state index contributed by atoms with van der Waals surface area (Å²) >= 11 is 0. The molecule has 0 aromatic rings. The molecule has 0 saturated carbocycles. The summed E-state index contributed by atoms with van der Waals surface area (Å²) in [7, 11) is 0. The molecule has 0 aromatic carbocycles. The third kappa shape index (κ3) is 32.4. The Hall–Kier alpha value is -1.96. The number of carboxylic acid groups (broad SMARTS) is 1. The Morgan fingerprint density at radius 1 is 0.510 bits per heavy atom. The molecule has 0 spiro atoms. The number of hydrogen-bond donors (Lipinski definition) is 1. The molecule has 0 heterocycles. The molecule has 0 amide bonds. The van der Waals surface area contributed by atoms with E-state index in [0.717, 1.165) is 38.5 Å². The Bertz CT molecular complexity index is 785. The summed E-state index contributed by atoms with van der Waals surface area (Å²) in [5.74, 6) is -1.60. The van der Waals surface area contributed by atoms with E-state index < -0.39 is 17.7 Å². The normalized spacial score (nSPS) is 12.5. The number of unbranched alkanes of at least 4 members (excludes halogenated alkanes) is 24. The molecule has 8 heteroatoms. The molecular formula is C43H80O8. The highest BCUT2D eigenvalue weighted by Crippen LogP contribution is 2.24. The molecule has 0 aliphatic carbocycles. The molecule has 8 nitrogen and oxygen atoms in total. The molecule has 0 rings (SSSR count). The van der Waals surface area contributed by atoms with Gasteiger partial charge >= 0.3 is 17.9 Å². The Morgan fingerprint density at radius 3 is 1.14 bits per heavy atom. The first-order valence-corrected chi connectivity index (χ1v) is 21.5. The summed E-state index contributed by atoms with van der Waals surface area (Å²) in [5, 5.41) is 9.07. The highest BCUT2D eigenvalue weighted by atomic mass is 16.6. The Balaban J connectivity index is 4.48. The SMILES string of the molecule is CCCCCCCCCCCCCCCC(=O)OCC(COC(=O)CCCCCCCCCCCCCCC)OC(C=O)(CC)CCCC(=O)O. The fraction of sp³-hybridized carbons (Fsp3) is 0.907. The van der Waals surface area contributed by atoms with Crippen LogP contribution in [0.5, 0.6) is 0 Å². The van der Waals surface area contributed by atoms with Crippen LogP contribution in [0.3, 0.4) is 0 Å². The number of aldehydes is 1. The number of carboxylic acids is 1. The van der Waals surface area contributed by atoms with E-state index in [1.165, 1.54) is 128 Å². The average Bonchev–Trinajstić information content (AvgIpc) is 3.12. The molecule has 300 valence electrons. The molecule has 51 heavy (non-hydrogen) atoms. The maximum atomic E-state index is 12.6. The zero-order chi connectivity index (χ0) is 37.7. The molecule has 0 aliphatic rings. The lowest BCUT2D eigenvalue weighted by Gasteiger charge is -2.31. The molecule has 0 fully saturated rings. The van der Waals surface area contributed by atoms with E-state index in [4.69, 9.17) is 19.3 Å². The van der Waals surface area contributed by atoms with Crippen LogP contribution in [0.25, 0.3) is 0 Å². The Labute approximate surface area is 313 Å². The van der Waals surface area contributed by atoms with Crippen molar-refractivity contribution in [2.75, 3.05) is 13.2 Å². The topological polar surface area (TPSA) is 116 Å². The van der Waals surface area contributed by atoms with Gasteiger partial charge in [0.15, 0.2) is 6.29 Å². The minimum atomic E-state index is -1.23. The van der Waals surface area contributed by atoms with Crippen LogP contribution in [-0.2, 0) is 33.4 Å². The van der Waals surface area contributed by atoms with Gasteiger partial charge in [-0.05, 0) is 32.1 Å². The Morgan fingerprint density at radius 2 is 0.843 bits per heavy atom. The van der Waals surface area contributed by atoms with Crippen LogP contribution in [0.1, 0.15) is 226 Å². The van der Waals surface area contributed by atoms with Gasteiger partial charge in [0.2, 0.25) is 0 Å². The molecule has 0 bridgehead atoms. The van der Waals surface area contributed by atoms with E-state index in [9.17, 15) is 19.2 Å². The van der Waals surface area contributed by atoms with E-state index in [-0.39, 0.29) is 44.4 Å². The molecular weight excluding hydrogens is 644 g/mol. The smallest absolute Gasteiger partial charge is 0.305 e. The van der Waals surface area contributed by atoms with Crippen molar-refractivity contribution < 1.29 is 38.5 Å². The minimum Gasteiger partial charge on any atom is -0.481 e. The largest absolute Gasteiger partial charge is 0.481 e. The van der Waals surface area contributed by atoms with Gasteiger partial charge in [0.25, 0.3) is 0 Å². The van der Waals surface area contributed by atoms with Crippen LogP contribution >= 0.6 is 0 Å². The zero-order valence-electron chi connectivity index (χ0n) is 33.5. The second-order valence-corrected chi connectivity index (χ2v) is 14.9. The van der Waals surface area contributed by atoms with Crippen molar-refractivity contribution in [3.05, 3.63) is 0 Å². The maximum Gasteiger partial charge on any atom is 0.305 e. The molecule has 1 unspecified atom stereocenters. The third-order valence-electron chi connectivity index (χ3n) is 10.0. The van der Waals surface area contributed by atoms with Gasteiger partial charge in [-0.2, -0.15) is 0 Å². The lowest BCUT2D eigenvalue weighted by Crippen LogP contribution is -2.42. The number of carbonyl (C=O) groups is 4. The summed E-state index contributed by atoms with van der Waals surface area (Å²) in [6, 6.07) is 0. The molecule has 0 saturated heterocycles. The van der Waals surface area contributed by atoms with Gasteiger partial charge < -0.3 is 24.1 Å². The van der Waals surface area contributed by atoms with Crippen molar-refractivity contribution >= 4 is 24.2 Å². The summed E-state index contributed by atoms with van der Waals surface area (Å²) < 4.78 is 17.2. The fourth-order valence-corrected chi connectivity index (χ4v) is 6.57. The number of esters is 2. The molecule has 1 N–H and O–H groups in total. The second-order valence-electron chi connectivity index (χ2n) is 14.9. The van der Waals surface area contributed by atoms with Crippen LogP contribution in [0.4, 0.5) is 0 Å². The zero-order valence-corrected chi connectivity index (χ0v) is 33.5. The van der Waals surface area contributed by atoms with Crippen LogP contribution in [-0.4, -0.2) is 54.2 Å².